The van der Waals surface area contributed by atoms with Crippen molar-refractivity contribution in [2.45, 2.75) is 39.0 Å². The molecule has 1 aliphatic heterocycles. The minimum Gasteiger partial charge on any atom is -0.378 e. The maximum absolute atomic E-state index is 11.8. The van der Waals surface area contributed by atoms with Crippen molar-refractivity contribution in [3.8, 4) is 0 Å². The Morgan fingerprint density at radius 3 is 2.45 bits per heavy atom. The smallest absolute Gasteiger partial charge is 0.250 e. The molecule has 1 aromatic carbocycles. The third-order valence-electron chi connectivity index (χ3n) is 5.08. The van der Waals surface area contributed by atoms with Crippen LogP contribution in [0, 0.1) is 0 Å². The predicted octanol–water partition coefficient (Wildman–Crippen LogP) is 3.09. The zero-order valence-electron chi connectivity index (χ0n) is 17.2. The fraction of sp³-hybridized carbons (Fsp3) is 0.455. The number of likely N-dealkylation sites (tertiary alicyclic amines) is 1. The number of piperidine rings is 1. The van der Waals surface area contributed by atoms with Crippen molar-refractivity contribution >= 4 is 29.9 Å². The van der Waals surface area contributed by atoms with Crippen LogP contribution in [0.1, 0.15) is 30.9 Å². The molecule has 1 aliphatic rings. The van der Waals surface area contributed by atoms with Crippen LogP contribution in [0.5, 0.6) is 0 Å². The Morgan fingerprint density at radius 1 is 1.14 bits per heavy atom. The number of ether oxygens (including phenoxy) is 1. The molecular formula is C22H31IN4O2. The second-order valence-corrected chi connectivity index (χ2v) is 7.03. The number of rotatable bonds is 6. The summed E-state index contributed by atoms with van der Waals surface area (Å²) in [6.45, 7) is 6.08. The fourth-order valence-corrected chi connectivity index (χ4v) is 3.53. The molecule has 0 saturated carbocycles. The average Bonchev–Trinajstić information content (AvgIpc) is 2.73. The molecule has 1 fully saturated rings. The highest BCUT2D eigenvalue weighted by molar-refractivity contribution is 14.0. The second-order valence-electron chi connectivity index (χ2n) is 7.03. The van der Waals surface area contributed by atoms with Gasteiger partial charge >= 0.3 is 0 Å². The van der Waals surface area contributed by atoms with E-state index in [0.29, 0.717) is 12.6 Å². The van der Waals surface area contributed by atoms with Crippen LogP contribution in [0.4, 0.5) is 0 Å². The van der Waals surface area contributed by atoms with Gasteiger partial charge in [-0.2, -0.15) is 0 Å². The van der Waals surface area contributed by atoms with Gasteiger partial charge in [-0.25, -0.2) is 0 Å². The number of aromatic nitrogens is 1. The van der Waals surface area contributed by atoms with E-state index in [2.05, 4.69) is 46.4 Å². The van der Waals surface area contributed by atoms with Crippen LogP contribution in [-0.4, -0.2) is 48.3 Å². The van der Waals surface area contributed by atoms with Crippen molar-refractivity contribution in [2.24, 2.45) is 4.99 Å². The molecule has 0 bridgehead atoms. The zero-order valence-corrected chi connectivity index (χ0v) is 19.5. The fourth-order valence-electron chi connectivity index (χ4n) is 3.53. The quantitative estimate of drug-likeness (QED) is 0.369. The Hall–Kier alpha value is -1.87. The van der Waals surface area contributed by atoms with Gasteiger partial charge in [-0.1, -0.05) is 30.3 Å². The molecule has 2 aromatic rings. The van der Waals surface area contributed by atoms with E-state index in [0.717, 1.165) is 50.6 Å². The van der Waals surface area contributed by atoms with Crippen molar-refractivity contribution in [3.05, 3.63) is 70.1 Å². The van der Waals surface area contributed by atoms with Gasteiger partial charge in [0.25, 0.3) is 5.56 Å². The summed E-state index contributed by atoms with van der Waals surface area (Å²) >= 11 is 0. The van der Waals surface area contributed by atoms with Gasteiger partial charge in [-0.05, 0) is 37.0 Å². The van der Waals surface area contributed by atoms with E-state index in [-0.39, 0.29) is 29.5 Å². The minimum atomic E-state index is 0. The first-order chi connectivity index (χ1) is 13.7. The molecule has 0 atom stereocenters. The first-order valence-corrected chi connectivity index (χ1v) is 10.00. The zero-order chi connectivity index (χ0) is 19.8. The van der Waals surface area contributed by atoms with Crippen molar-refractivity contribution in [1.29, 1.82) is 0 Å². The lowest BCUT2D eigenvalue weighted by Crippen LogP contribution is -2.46. The summed E-state index contributed by atoms with van der Waals surface area (Å²) in [6, 6.07) is 13.6. The Kier molecular flexibility index (Phi) is 9.66. The largest absolute Gasteiger partial charge is 0.378 e. The summed E-state index contributed by atoms with van der Waals surface area (Å²) in [4.78, 5) is 18.6. The van der Waals surface area contributed by atoms with E-state index in [1.54, 1.807) is 16.7 Å². The van der Waals surface area contributed by atoms with Crippen LogP contribution in [0.25, 0.3) is 0 Å². The molecule has 6 nitrogen and oxygen atoms in total. The summed E-state index contributed by atoms with van der Waals surface area (Å²) in [7, 11) is 1.83. The number of guanidine groups is 1. The van der Waals surface area contributed by atoms with Crippen LogP contribution in [0.2, 0.25) is 0 Å². The molecule has 2 heterocycles. The molecule has 29 heavy (non-hydrogen) atoms. The molecule has 1 aromatic heterocycles. The Labute approximate surface area is 190 Å². The summed E-state index contributed by atoms with van der Waals surface area (Å²) < 4.78 is 7.44. The lowest BCUT2D eigenvalue weighted by molar-refractivity contribution is 0.0263. The highest BCUT2D eigenvalue weighted by atomic mass is 127. The number of hydrogen-bond acceptors (Lipinski definition) is 3. The first kappa shape index (κ1) is 23.4. The molecule has 3 rings (SSSR count). The number of halogens is 1. The van der Waals surface area contributed by atoms with Gasteiger partial charge in [0.15, 0.2) is 5.96 Å². The van der Waals surface area contributed by atoms with Crippen molar-refractivity contribution in [2.75, 3.05) is 26.7 Å². The topological polar surface area (TPSA) is 58.9 Å². The second kappa shape index (κ2) is 12.0. The van der Waals surface area contributed by atoms with Gasteiger partial charge < -0.3 is 19.5 Å². The number of nitrogens with zero attached hydrogens (tertiary/aromatic N) is 3. The van der Waals surface area contributed by atoms with Crippen molar-refractivity contribution in [1.82, 2.24) is 14.8 Å². The molecular weight excluding hydrogens is 479 g/mol. The SMILES string of the molecule is CCOC1CCN(C(=NC)NCc2ccc(Cn3ccccc3=O)cc2)CC1.I. The Bertz CT molecular complexity index is 827. The lowest BCUT2D eigenvalue weighted by atomic mass is 10.1. The van der Waals surface area contributed by atoms with E-state index in [1.807, 2.05) is 19.3 Å². The molecule has 1 saturated heterocycles. The third-order valence-corrected chi connectivity index (χ3v) is 5.08. The van der Waals surface area contributed by atoms with Crippen LogP contribution >= 0.6 is 24.0 Å². The Morgan fingerprint density at radius 2 is 1.83 bits per heavy atom. The maximum atomic E-state index is 11.8. The van der Waals surface area contributed by atoms with E-state index in [9.17, 15) is 4.79 Å². The highest BCUT2D eigenvalue weighted by Gasteiger charge is 2.21. The summed E-state index contributed by atoms with van der Waals surface area (Å²) in [5, 5.41) is 3.46. The normalized spacial score (nSPS) is 15.1. The standard InChI is InChI=1S/C22H30N4O2.HI/c1-3-28-20-11-14-25(15-12-20)22(23-2)24-16-18-7-9-19(10-8-18)17-26-13-5-4-6-21(26)27;/h4-10,13,20H,3,11-12,14-17H2,1-2H3,(H,23,24);1H. The van der Waals surface area contributed by atoms with Crippen molar-refractivity contribution in [3.63, 3.8) is 0 Å². The third kappa shape index (κ3) is 6.85. The summed E-state index contributed by atoms with van der Waals surface area (Å²) in [6.07, 6.45) is 4.28. The molecule has 0 aliphatic carbocycles. The molecule has 1 N–H and O–H groups in total. The minimum absolute atomic E-state index is 0. The van der Waals surface area contributed by atoms with E-state index >= 15 is 0 Å². The number of pyridine rings is 1. The monoisotopic (exact) mass is 510 g/mol. The molecule has 0 spiro atoms. The van der Waals surface area contributed by atoms with E-state index in [1.165, 1.54) is 5.56 Å². The Balaban J connectivity index is 0.00000300. The summed E-state index contributed by atoms with van der Waals surface area (Å²) in [5.74, 6) is 0.940. The maximum Gasteiger partial charge on any atom is 0.250 e. The molecule has 0 amide bonds. The van der Waals surface area contributed by atoms with Gasteiger partial charge in [0.1, 0.15) is 0 Å². The van der Waals surface area contributed by atoms with Crippen LogP contribution in [0.3, 0.4) is 0 Å². The van der Waals surface area contributed by atoms with E-state index in [4.69, 9.17) is 4.74 Å². The molecule has 7 heteroatoms. The average molecular weight is 510 g/mol. The molecule has 0 radical (unpaired) electrons. The van der Waals surface area contributed by atoms with Crippen LogP contribution < -0.4 is 10.9 Å². The van der Waals surface area contributed by atoms with Gasteiger partial charge in [-0.15, -0.1) is 24.0 Å². The molecule has 158 valence electrons. The van der Waals surface area contributed by atoms with Gasteiger partial charge in [0.05, 0.1) is 12.6 Å². The highest BCUT2D eigenvalue weighted by Crippen LogP contribution is 2.14. The van der Waals surface area contributed by atoms with Crippen molar-refractivity contribution < 1.29 is 4.74 Å². The van der Waals surface area contributed by atoms with Gasteiger partial charge in [0.2, 0.25) is 0 Å². The molecule has 0 unspecified atom stereocenters. The summed E-state index contributed by atoms with van der Waals surface area (Å²) in [5.41, 5.74) is 2.32. The van der Waals surface area contributed by atoms with E-state index < -0.39 is 0 Å². The first-order valence-electron chi connectivity index (χ1n) is 10.00. The lowest BCUT2D eigenvalue weighted by Gasteiger charge is -2.34. The number of benzene rings is 1. The van der Waals surface area contributed by atoms with Crippen LogP contribution in [-0.2, 0) is 17.8 Å². The predicted molar refractivity (Wildman–Crippen MR) is 128 cm³/mol. The van der Waals surface area contributed by atoms with Crippen LogP contribution in [0.15, 0.2) is 58.4 Å². The van der Waals surface area contributed by atoms with Gasteiger partial charge in [0, 0.05) is 45.6 Å². The number of nitrogens with one attached hydrogen (secondary N) is 1. The van der Waals surface area contributed by atoms with Gasteiger partial charge in [-0.3, -0.25) is 9.79 Å². The number of hydrogen-bond donors (Lipinski definition) is 1. The number of aliphatic imine (C=N–C) groups is 1.